The first-order valence-corrected chi connectivity index (χ1v) is 9.81. The second-order valence-electron chi connectivity index (χ2n) is 6.85. The molecule has 0 N–H and O–H groups in total. The number of nitrogens with zero attached hydrogens (tertiary/aromatic N) is 2. The number of carbonyl (C=O) groups is 2. The van der Waals surface area contributed by atoms with Crippen molar-refractivity contribution in [2.45, 2.75) is 19.8 Å². The van der Waals surface area contributed by atoms with Gasteiger partial charge in [-0.3, -0.25) is 9.59 Å². The molecular weight excluding hydrogens is 360 g/mol. The van der Waals surface area contributed by atoms with E-state index in [0.717, 1.165) is 5.56 Å². The highest BCUT2D eigenvalue weighted by Crippen LogP contribution is 2.34. The van der Waals surface area contributed by atoms with Crippen LogP contribution in [0.3, 0.4) is 0 Å². The molecule has 0 aromatic heterocycles. The summed E-state index contributed by atoms with van der Waals surface area (Å²) in [7, 11) is 0. The third-order valence-corrected chi connectivity index (χ3v) is 5.57. The van der Waals surface area contributed by atoms with Crippen molar-refractivity contribution in [2.24, 2.45) is 5.92 Å². The molecule has 3 rings (SSSR count). The zero-order chi connectivity index (χ0) is 19.4. The fourth-order valence-electron chi connectivity index (χ4n) is 3.80. The van der Waals surface area contributed by atoms with Gasteiger partial charge in [-0.15, -0.1) is 0 Å². The van der Waals surface area contributed by atoms with Gasteiger partial charge in [-0.1, -0.05) is 41.9 Å². The van der Waals surface area contributed by atoms with Gasteiger partial charge in [0.15, 0.2) is 0 Å². The number of hydrogen-bond acceptors (Lipinski definition) is 2. The monoisotopic (exact) mass is 384 g/mol. The van der Waals surface area contributed by atoms with E-state index in [-0.39, 0.29) is 23.7 Å². The molecular formula is C22H25ClN2O2. The Morgan fingerprint density at radius 3 is 2.22 bits per heavy atom. The number of halogens is 1. The molecule has 0 radical (unpaired) electrons. The molecule has 2 aromatic carbocycles. The number of hydrogen-bond donors (Lipinski definition) is 0. The minimum Gasteiger partial charge on any atom is -0.343 e. The minimum atomic E-state index is -0.219. The van der Waals surface area contributed by atoms with E-state index in [0.29, 0.717) is 36.8 Å². The number of carbonyl (C=O) groups excluding carboxylic acids is 2. The summed E-state index contributed by atoms with van der Waals surface area (Å²) in [5, 5.41) is 0.602. The molecule has 0 spiro atoms. The number of likely N-dealkylation sites (tertiary alicyclic amines) is 1. The minimum absolute atomic E-state index is 0.00977. The molecule has 142 valence electrons. The van der Waals surface area contributed by atoms with Crippen LogP contribution >= 0.6 is 11.6 Å². The van der Waals surface area contributed by atoms with Crippen LogP contribution in [0, 0.1) is 5.92 Å². The van der Waals surface area contributed by atoms with Gasteiger partial charge in [0.1, 0.15) is 0 Å². The summed E-state index contributed by atoms with van der Waals surface area (Å²) in [4.78, 5) is 29.7. The van der Waals surface area contributed by atoms with Crippen LogP contribution in [0.1, 0.15) is 35.7 Å². The van der Waals surface area contributed by atoms with E-state index in [9.17, 15) is 9.59 Å². The summed E-state index contributed by atoms with van der Waals surface area (Å²) in [6, 6.07) is 16.9. The molecule has 1 saturated heterocycles. The average Bonchev–Trinajstić information content (AvgIpc) is 3.15. The lowest BCUT2D eigenvalue weighted by Gasteiger charge is -2.25. The van der Waals surface area contributed by atoms with Gasteiger partial charge in [-0.25, -0.2) is 0 Å². The highest BCUT2D eigenvalue weighted by molar-refractivity contribution is 6.30. The molecule has 1 heterocycles. The topological polar surface area (TPSA) is 40.6 Å². The SMILES string of the molecule is CCN(CC)C(=O)[C@H]1CN(C(=O)c2ccc(Cl)cc2)C[C@H]1c1ccccc1. The first-order valence-electron chi connectivity index (χ1n) is 9.43. The summed E-state index contributed by atoms with van der Waals surface area (Å²) in [6.07, 6.45) is 0. The molecule has 2 atom stereocenters. The standard InChI is InChI=1S/C22H25ClN2O2/c1-3-24(4-2)22(27)20-15-25(14-19(20)16-8-6-5-7-9-16)21(26)17-10-12-18(23)13-11-17/h5-13,19-20H,3-4,14-15H2,1-2H3/t19-,20-/m0/s1. The van der Waals surface area contributed by atoms with Crippen LogP contribution in [0.15, 0.2) is 54.6 Å². The number of amides is 2. The van der Waals surface area contributed by atoms with Gasteiger partial charge in [0, 0.05) is 42.7 Å². The largest absolute Gasteiger partial charge is 0.343 e. The van der Waals surface area contributed by atoms with Crippen LogP contribution < -0.4 is 0 Å². The predicted molar refractivity (Wildman–Crippen MR) is 108 cm³/mol. The van der Waals surface area contributed by atoms with Crippen molar-refractivity contribution >= 4 is 23.4 Å². The summed E-state index contributed by atoms with van der Waals surface area (Å²) < 4.78 is 0. The second-order valence-corrected chi connectivity index (χ2v) is 7.29. The molecule has 0 unspecified atom stereocenters. The van der Waals surface area contributed by atoms with Crippen molar-refractivity contribution < 1.29 is 9.59 Å². The molecule has 0 aliphatic carbocycles. The maximum absolute atomic E-state index is 13.1. The van der Waals surface area contributed by atoms with Crippen molar-refractivity contribution in [1.82, 2.24) is 9.80 Å². The molecule has 2 aromatic rings. The Morgan fingerprint density at radius 2 is 1.63 bits per heavy atom. The third kappa shape index (κ3) is 4.16. The van der Waals surface area contributed by atoms with Gasteiger partial charge >= 0.3 is 0 Å². The van der Waals surface area contributed by atoms with E-state index in [4.69, 9.17) is 11.6 Å². The number of benzene rings is 2. The van der Waals surface area contributed by atoms with Gasteiger partial charge in [0.2, 0.25) is 5.91 Å². The van der Waals surface area contributed by atoms with Gasteiger partial charge < -0.3 is 9.80 Å². The van der Waals surface area contributed by atoms with Crippen LogP contribution in [0.4, 0.5) is 0 Å². The molecule has 1 aliphatic rings. The van der Waals surface area contributed by atoms with Crippen LogP contribution in [0.2, 0.25) is 5.02 Å². The highest BCUT2D eigenvalue weighted by Gasteiger charge is 2.41. The Kier molecular flexibility index (Phi) is 6.17. The molecule has 0 saturated carbocycles. The average molecular weight is 385 g/mol. The predicted octanol–water partition coefficient (Wildman–Crippen LogP) is 4.06. The lowest BCUT2D eigenvalue weighted by molar-refractivity contribution is -0.135. The normalized spacial score (nSPS) is 19.1. The molecule has 2 amide bonds. The van der Waals surface area contributed by atoms with Crippen LogP contribution in [0.25, 0.3) is 0 Å². The molecule has 4 nitrogen and oxygen atoms in total. The lowest BCUT2D eigenvalue weighted by Crippen LogP contribution is -2.39. The van der Waals surface area contributed by atoms with Gasteiger partial charge in [0.05, 0.1) is 5.92 Å². The van der Waals surface area contributed by atoms with Crippen molar-refractivity contribution in [3.63, 3.8) is 0 Å². The van der Waals surface area contributed by atoms with Crippen LogP contribution in [-0.4, -0.2) is 47.8 Å². The lowest BCUT2D eigenvalue weighted by atomic mass is 9.88. The van der Waals surface area contributed by atoms with Gasteiger partial charge in [-0.05, 0) is 43.7 Å². The summed E-state index contributed by atoms with van der Waals surface area (Å²) in [6.45, 7) is 6.32. The van der Waals surface area contributed by atoms with E-state index in [1.54, 1.807) is 29.2 Å². The molecule has 0 bridgehead atoms. The molecule has 5 heteroatoms. The zero-order valence-electron chi connectivity index (χ0n) is 15.8. The van der Waals surface area contributed by atoms with E-state index < -0.39 is 0 Å². The molecule has 27 heavy (non-hydrogen) atoms. The Bertz CT molecular complexity index is 788. The van der Waals surface area contributed by atoms with Crippen LogP contribution in [0.5, 0.6) is 0 Å². The molecule has 1 fully saturated rings. The van der Waals surface area contributed by atoms with Crippen LogP contribution in [-0.2, 0) is 4.79 Å². The zero-order valence-corrected chi connectivity index (χ0v) is 16.5. The van der Waals surface area contributed by atoms with E-state index in [2.05, 4.69) is 0 Å². The third-order valence-electron chi connectivity index (χ3n) is 5.32. The maximum Gasteiger partial charge on any atom is 0.253 e. The van der Waals surface area contributed by atoms with E-state index >= 15 is 0 Å². The fourth-order valence-corrected chi connectivity index (χ4v) is 3.93. The van der Waals surface area contributed by atoms with Crippen molar-refractivity contribution in [1.29, 1.82) is 0 Å². The summed E-state index contributed by atoms with van der Waals surface area (Å²) in [5.74, 6) is -0.137. The van der Waals surface area contributed by atoms with Crippen molar-refractivity contribution in [2.75, 3.05) is 26.2 Å². The summed E-state index contributed by atoms with van der Waals surface area (Å²) in [5.41, 5.74) is 1.71. The van der Waals surface area contributed by atoms with Gasteiger partial charge in [0.25, 0.3) is 5.91 Å². The first-order chi connectivity index (χ1) is 13.0. The Morgan fingerprint density at radius 1 is 1.00 bits per heavy atom. The fraction of sp³-hybridized carbons (Fsp3) is 0.364. The van der Waals surface area contributed by atoms with E-state index in [1.165, 1.54) is 0 Å². The van der Waals surface area contributed by atoms with Gasteiger partial charge in [-0.2, -0.15) is 0 Å². The summed E-state index contributed by atoms with van der Waals surface area (Å²) >= 11 is 5.94. The Hall–Kier alpha value is -2.33. The quantitative estimate of drug-likeness (QED) is 0.779. The Balaban J connectivity index is 1.87. The smallest absolute Gasteiger partial charge is 0.253 e. The number of rotatable bonds is 5. The first kappa shape index (κ1) is 19.4. The van der Waals surface area contributed by atoms with Crippen molar-refractivity contribution in [3.05, 3.63) is 70.7 Å². The highest BCUT2D eigenvalue weighted by atomic mass is 35.5. The maximum atomic E-state index is 13.1. The van der Waals surface area contributed by atoms with E-state index in [1.807, 2.05) is 49.1 Å². The van der Waals surface area contributed by atoms with Crippen molar-refractivity contribution in [3.8, 4) is 0 Å². The Labute approximate surface area is 165 Å². The second kappa shape index (κ2) is 8.57. The molecule has 1 aliphatic heterocycles.